The quantitative estimate of drug-likeness (QED) is 0.793. The standard InChI is InChI=1S/C18H24N4S/c1-13-8-9-14(2)16(12-13)20-18(23)21-17-10-11-19-22(17)15-6-4-3-5-7-15/h8-12,15H,3-7H2,1-2H3,(H2,20,21,23). The second-order valence-electron chi connectivity index (χ2n) is 6.35. The van der Waals surface area contributed by atoms with Gasteiger partial charge < -0.3 is 10.6 Å². The largest absolute Gasteiger partial charge is 0.332 e. The van der Waals surface area contributed by atoms with E-state index in [0.29, 0.717) is 11.2 Å². The molecule has 5 heteroatoms. The van der Waals surface area contributed by atoms with Gasteiger partial charge in [0.15, 0.2) is 5.11 Å². The monoisotopic (exact) mass is 328 g/mol. The van der Waals surface area contributed by atoms with Crippen molar-refractivity contribution in [3.05, 3.63) is 41.6 Å². The first-order chi connectivity index (χ1) is 11.1. The molecule has 1 aromatic heterocycles. The Balaban J connectivity index is 1.68. The van der Waals surface area contributed by atoms with Crippen molar-refractivity contribution in [3.8, 4) is 0 Å². The molecule has 1 aromatic carbocycles. The second-order valence-corrected chi connectivity index (χ2v) is 6.76. The fourth-order valence-corrected chi connectivity index (χ4v) is 3.38. The Kier molecular flexibility index (Phi) is 4.96. The molecule has 2 aromatic rings. The minimum absolute atomic E-state index is 0.491. The first-order valence-corrected chi connectivity index (χ1v) is 8.73. The average Bonchev–Trinajstić information content (AvgIpc) is 3.00. The molecule has 1 fully saturated rings. The van der Waals surface area contributed by atoms with Gasteiger partial charge in [0, 0.05) is 11.8 Å². The summed E-state index contributed by atoms with van der Waals surface area (Å²) in [5.41, 5.74) is 3.44. The minimum Gasteiger partial charge on any atom is -0.332 e. The summed E-state index contributed by atoms with van der Waals surface area (Å²) in [7, 11) is 0. The van der Waals surface area contributed by atoms with Gasteiger partial charge in [-0.3, -0.25) is 0 Å². The Morgan fingerprint density at radius 3 is 2.70 bits per heavy atom. The Bertz CT molecular complexity index is 686. The number of hydrogen-bond donors (Lipinski definition) is 2. The van der Waals surface area contributed by atoms with Gasteiger partial charge >= 0.3 is 0 Å². The van der Waals surface area contributed by atoms with E-state index in [2.05, 4.69) is 52.5 Å². The fourth-order valence-electron chi connectivity index (χ4n) is 3.17. The lowest BCUT2D eigenvalue weighted by molar-refractivity contribution is 0.333. The lowest BCUT2D eigenvalue weighted by Crippen LogP contribution is -2.24. The van der Waals surface area contributed by atoms with E-state index in [0.717, 1.165) is 11.5 Å². The Labute approximate surface area is 143 Å². The minimum atomic E-state index is 0.491. The van der Waals surface area contributed by atoms with Crippen LogP contribution in [0.15, 0.2) is 30.5 Å². The lowest BCUT2D eigenvalue weighted by Gasteiger charge is -2.24. The first-order valence-electron chi connectivity index (χ1n) is 8.32. The van der Waals surface area contributed by atoms with E-state index in [1.54, 1.807) is 0 Å². The number of thiocarbonyl (C=S) groups is 1. The summed E-state index contributed by atoms with van der Waals surface area (Å²) in [6, 6.07) is 8.81. The third-order valence-corrected chi connectivity index (χ3v) is 4.68. The molecule has 0 radical (unpaired) electrons. The Morgan fingerprint density at radius 2 is 1.91 bits per heavy atom. The van der Waals surface area contributed by atoms with Gasteiger partial charge in [-0.05, 0) is 56.1 Å². The van der Waals surface area contributed by atoms with Gasteiger partial charge in [-0.2, -0.15) is 5.10 Å². The van der Waals surface area contributed by atoms with Crippen molar-refractivity contribution in [1.29, 1.82) is 0 Å². The van der Waals surface area contributed by atoms with Gasteiger partial charge in [-0.25, -0.2) is 4.68 Å². The van der Waals surface area contributed by atoms with Crippen LogP contribution in [0.25, 0.3) is 0 Å². The van der Waals surface area contributed by atoms with Gasteiger partial charge in [-0.15, -0.1) is 0 Å². The molecule has 0 aliphatic heterocycles. The third-order valence-electron chi connectivity index (χ3n) is 4.47. The number of aryl methyl sites for hydroxylation is 2. The van der Waals surface area contributed by atoms with Gasteiger partial charge in [0.05, 0.1) is 12.2 Å². The first kappa shape index (κ1) is 16.0. The third kappa shape index (κ3) is 3.91. The zero-order valence-electron chi connectivity index (χ0n) is 13.8. The van der Waals surface area contributed by atoms with Crippen molar-refractivity contribution in [1.82, 2.24) is 9.78 Å². The number of hydrogen-bond acceptors (Lipinski definition) is 2. The number of anilines is 2. The molecular weight excluding hydrogens is 304 g/mol. The van der Waals surface area contributed by atoms with Crippen molar-refractivity contribution >= 4 is 28.8 Å². The maximum atomic E-state index is 5.48. The molecule has 2 N–H and O–H groups in total. The second kappa shape index (κ2) is 7.13. The molecule has 0 unspecified atom stereocenters. The maximum absolute atomic E-state index is 5.48. The maximum Gasteiger partial charge on any atom is 0.176 e. The van der Waals surface area contributed by atoms with Crippen LogP contribution in [0.5, 0.6) is 0 Å². The molecule has 0 amide bonds. The highest BCUT2D eigenvalue weighted by Crippen LogP contribution is 2.30. The Hall–Kier alpha value is -1.88. The van der Waals surface area contributed by atoms with E-state index in [1.807, 2.05) is 12.3 Å². The Morgan fingerprint density at radius 1 is 1.13 bits per heavy atom. The SMILES string of the molecule is Cc1ccc(C)c(NC(=S)Nc2ccnn2C2CCCCC2)c1. The van der Waals surface area contributed by atoms with Gasteiger partial charge in [-0.1, -0.05) is 31.4 Å². The molecule has 0 bridgehead atoms. The molecule has 0 saturated heterocycles. The van der Waals surface area contributed by atoms with E-state index in [4.69, 9.17) is 12.2 Å². The van der Waals surface area contributed by atoms with Crippen LogP contribution < -0.4 is 10.6 Å². The van der Waals surface area contributed by atoms with Gasteiger partial charge in [0.2, 0.25) is 0 Å². The van der Waals surface area contributed by atoms with E-state index >= 15 is 0 Å². The molecular formula is C18H24N4S. The van der Waals surface area contributed by atoms with E-state index < -0.39 is 0 Å². The molecule has 1 aliphatic carbocycles. The highest BCUT2D eigenvalue weighted by Gasteiger charge is 2.18. The molecule has 4 nitrogen and oxygen atoms in total. The van der Waals surface area contributed by atoms with E-state index in [1.165, 1.54) is 43.2 Å². The smallest absolute Gasteiger partial charge is 0.176 e. The predicted octanol–water partition coefficient (Wildman–Crippen LogP) is 4.81. The van der Waals surface area contributed by atoms with Crippen LogP contribution in [-0.4, -0.2) is 14.9 Å². The van der Waals surface area contributed by atoms with Crippen LogP contribution in [0.1, 0.15) is 49.3 Å². The molecule has 1 saturated carbocycles. The molecule has 0 spiro atoms. The molecule has 122 valence electrons. The summed E-state index contributed by atoms with van der Waals surface area (Å²) in [6.07, 6.45) is 8.16. The summed E-state index contributed by atoms with van der Waals surface area (Å²) in [5, 5.41) is 11.7. The van der Waals surface area contributed by atoms with Crippen LogP contribution in [-0.2, 0) is 0 Å². The van der Waals surface area contributed by atoms with Crippen LogP contribution in [0.4, 0.5) is 11.5 Å². The average molecular weight is 328 g/mol. The van der Waals surface area contributed by atoms with Crippen molar-refractivity contribution in [2.24, 2.45) is 0 Å². The number of nitrogens with one attached hydrogen (secondary N) is 2. The van der Waals surface area contributed by atoms with Gasteiger partial charge in [0.1, 0.15) is 5.82 Å². The van der Waals surface area contributed by atoms with Gasteiger partial charge in [0.25, 0.3) is 0 Å². The topological polar surface area (TPSA) is 41.9 Å². The molecule has 3 rings (SSSR count). The summed E-state index contributed by atoms with van der Waals surface area (Å²) < 4.78 is 2.09. The van der Waals surface area contributed by atoms with Crippen LogP contribution >= 0.6 is 12.2 Å². The van der Waals surface area contributed by atoms with Crippen molar-refractivity contribution in [2.75, 3.05) is 10.6 Å². The number of benzene rings is 1. The predicted molar refractivity (Wildman–Crippen MR) is 100 cm³/mol. The molecule has 0 atom stereocenters. The summed E-state index contributed by atoms with van der Waals surface area (Å²) >= 11 is 5.48. The molecule has 1 aliphatic rings. The van der Waals surface area contributed by atoms with Crippen LogP contribution in [0.3, 0.4) is 0 Å². The van der Waals surface area contributed by atoms with Crippen molar-refractivity contribution in [2.45, 2.75) is 52.0 Å². The number of rotatable bonds is 3. The molecule has 1 heterocycles. The number of nitrogens with zero attached hydrogens (tertiary/aromatic N) is 2. The highest BCUT2D eigenvalue weighted by molar-refractivity contribution is 7.80. The van der Waals surface area contributed by atoms with Crippen molar-refractivity contribution < 1.29 is 0 Å². The fraction of sp³-hybridized carbons (Fsp3) is 0.444. The van der Waals surface area contributed by atoms with E-state index in [9.17, 15) is 0 Å². The highest BCUT2D eigenvalue weighted by atomic mass is 32.1. The summed E-state index contributed by atoms with van der Waals surface area (Å²) in [5.74, 6) is 0.972. The normalized spacial score (nSPS) is 15.4. The van der Waals surface area contributed by atoms with Crippen LogP contribution in [0.2, 0.25) is 0 Å². The zero-order valence-corrected chi connectivity index (χ0v) is 14.6. The number of aromatic nitrogens is 2. The molecule has 23 heavy (non-hydrogen) atoms. The summed E-state index contributed by atoms with van der Waals surface area (Å²) in [4.78, 5) is 0. The zero-order chi connectivity index (χ0) is 16.2. The lowest BCUT2D eigenvalue weighted by atomic mass is 9.96. The van der Waals surface area contributed by atoms with Crippen molar-refractivity contribution in [3.63, 3.8) is 0 Å². The summed E-state index contributed by atoms with van der Waals surface area (Å²) in [6.45, 7) is 4.16. The van der Waals surface area contributed by atoms with E-state index in [-0.39, 0.29) is 0 Å². The van der Waals surface area contributed by atoms with Crippen LogP contribution in [0, 0.1) is 13.8 Å².